The van der Waals surface area contributed by atoms with E-state index in [2.05, 4.69) is 10.2 Å². The van der Waals surface area contributed by atoms with Gasteiger partial charge in [0.05, 0.1) is 12.8 Å². The third-order valence-electron chi connectivity index (χ3n) is 2.78. The van der Waals surface area contributed by atoms with Crippen LogP contribution in [-0.4, -0.2) is 34.0 Å². The Kier molecular flexibility index (Phi) is 5.00. The van der Waals surface area contributed by atoms with Gasteiger partial charge in [0.2, 0.25) is 5.88 Å². The SMILES string of the molecule is O=C1C=CC=C/C1=C/N=NC(O)=C1C=CN(CCO)C=C1. The molecule has 0 unspecified atom stereocenters. The maximum atomic E-state index is 11.4. The summed E-state index contributed by atoms with van der Waals surface area (Å²) in [5, 5.41) is 25.9. The molecule has 0 amide bonds. The van der Waals surface area contributed by atoms with E-state index in [-0.39, 0.29) is 18.3 Å². The monoisotopic (exact) mass is 285 g/mol. The van der Waals surface area contributed by atoms with E-state index in [1.54, 1.807) is 47.7 Å². The van der Waals surface area contributed by atoms with Crippen molar-refractivity contribution in [2.45, 2.75) is 0 Å². The summed E-state index contributed by atoms with van der Waals surface area (Å²) in [5.41, 5.74) is 0.902. The van der Waals surface area contributed by atoms with E-state index in [4.69, 9.17) is 5.11 Å². The molecule has 0 fully saturated rings. The molecule has 0 spiro atoms. The molecule has 0 bridgehead atoms. The van der Waals surface area contributed by atoms with Crippen LogP contribution in [0.15, 0.2) is 82.3 Å². The summed E-state index contributed by atoms with van der Waals surface area (Å²) >= 11 is 0. The van der Waals surface area contributed by atoms with Crippen molar-refractivity contribution in [2.75, 3.05) is 13.2 Å². The minimum atomic E-state index is -0.245. The second kappa shape index (κ2) is 7.16. The van der Waals surface area contributed by atoms with Gasteiger partial charge in [0.25, 0.3) is 0 Å². The highest BCUT2D eigenvalue weighted by atomic mass is 16.3. The molecular weight excluding hydrogens is 270 g/mol. The van der Waals surface area contributed by atoms with Crippen molar-refractivity contribution in [3.05, 3.63) is 72.1 Å². The van der Waals surface area contributed by atoms with Crippen molar-refractivity contribution in [1.82, 2.24) is 4.90 Å². The average molecular weight is 285 g/mol. The Hall–Kier alpha value is -2.73. The molecule has 2 N–H and O–H groups in total. The molecule has 1 heterocycles. The number of hydrogen-bond acceptors (Lipinski definition) is 6. The summed E-state index contributed by atoms with van der Waals surface area (Å²) in [6, 6.07) is 0. The van der Waals surface area contributed by atoms with Crippen molar-refractivity contribution >= 4 is 5.78 Å². The van der Waals surface area contributed by atoms with E-state index in [9.17, 15) is 9.90 Å². The first kappa shape index (κ1) is 14.7. The quantitative estimate of drug-likeness (QED) is 0.470. The predicted molar refractivity (Wildman–Crippen MR) is 78.0 cm³/mol. The molecule has 0 saturated carbocycles. The Balaban J connectivity index is 2.03. The number of β-amino-alcohol motifs (C(OH)–C–C–N with tert-alkyl or cyclic N) is 1. The van der Waals surface area contributed by atoms with Crippen LogP contribution in [0, 0.1) is 0 Å². The van der Waals surface area contributed by atoms with Crippen molar-refractivity contribution in [3.63, 3.8) is 0 Å². The fourth-order valence-corrected chi connectivity index (χ4v) is 1.66. The van der Waals surface area contributed by atoms with Gasteiger partial charge in [-0.2, -0.15) is 5.11 Å². The molecule has 2 rings (SSSR count). The van der Waals surface area contributed by atoms with E-state index in [1.807, 2.05) is 0 Å². The molecule has 108 valence electrons. The summed E-state index contributed by atoms with van der Waals surface area (Å²) < 4.78 is 0. The van der Waals surface area contributed by atoms with Crippen LogP contribution in [0.3, 0.4) is 0 Å². The Bertz CT molecular complexity index is 606. The molecule has 6 heteroatoms. The van der Waals surface area contributed by atoms with Crippen LogP contribution in [0.5, 0.6) is 0 Å². The van der Waals surface area contributed by atoms with E-state index >= 15 is 0 Å². The van der Waals surface area contributed by atoms with Gasteiger partial charge in [-0.05, 0) is 24.3 Å². The third kappa shape index (κ3) is 4.12. The normalized spacial score (nSPS) is 19.3. The second-order valence-electron chi connectivity index (χ2n) is 4.25. The largest absolute Gasteiger partial charge is 0.492 e. The number of ketones is 1. The maximum absolute atomic E-state index is 11.4. The van der Waals surface area contributed by atoms with Gasteiger partial charge in [-0.3, -0.25) is 4.79 Å². The van der Waals surface area contributed by atoms with E-state index in [0.29, 0.717) is 17.7 Å². The van der Waals surface area contributed by atoms with Crippen LogP contribution in [0.2, 0.25) is 0 Å². The van der Waals surface area contributed by atoms with E-state index < -0.39 is 0 Å². The molecule has 0 aromatic rings. The van der Waals surface area contributed by atoms with Gasteiger partial charge >= 0.3 is 0 Å². The first-order valence-electron chi connectivity index (χ1n) is 6.37. The first-order chi connectivity index (χ1) is 10.2. The van der Waals surface area contributed by atoms with Gasteiger partial charge in [0, 0.05) is 30.1 Å². The van der Waals surface area contributed by atoms with Crippen molar-refractivity contribution in [3.8, 4) is 0 Å². The van der Waals surface area contributed by atoms with Gasteiger partial charge in [0.1, 0.15) is 0 Å². The zero-order chi connectivity index (χ0) is 15.1. The maximum Gasteiger partial charge on any atom is 0.238 e. The van der Waals surface area contributed by atoms with Crippen LogP contribution in [0.25, 0.3) is 0 Å². The zero-order valence-electron chi connectivity index (χ0n) is 11.3. The molecule has 0 aromatic carbocycles. The van der Waals surface area contributed by atoms with Gasteiger partial charge < -0.3 is 15.1 Å². The number of rotatable bonds is 4. The van der Waals surface area contributed by atoms with Gasteiger partial charge in [0.15, 0.2) is 5.78 Å². The molecular formula is C15H15N3O3. The summed E-state index contributed by atoms with van der Waals surface area (Å²) in [4.78, 5) is 13.2. The van der Waals surface area contributed by atoms with Crippen molar-refractivity contribution in [1.29, 1.82) is 0 Å². The number of azo groups is 1. The summed E-state index contributed by atoms with van der Waals surface area (Å²) in [5.74, 6) is -0.397. The number of nitrogens with zero attached hydrogens (tertiary/aromatic N) is 3. The second-order valence-corrected chi connectivity index (χ2v) is 4.25. The Morgan fingerprint density at radius 2 is 1.90 bits per heavy atom. The lowest BCUT2D eigenvalue weighted by Crippen LogP contribution is -2.16. The Labute approximate surface area is 122 Å². The van der Waals surface area contributed by atoms with Gasteiger partial charge in [-0.25, -0.2) is 0 Å². The number of aliphatic hydroxyl groups is 2. The van der Waals surface area contributed by atoms with E-state index in [1.165, 1.54) is 12.3 Å². The minimum Gasteiger partial charge on any atom is -0.492 e. The van der Waals surface area contributed by atoms with Crippen LogP contribution in [0.4, 0.5) is 0 Å². The third-order valence-corrected chi connectivity index (χ3v) is 2.78. The zero-order valence-corrected chi connectivity index (χ0v) is 11.3. The highest BCUT2D eigenvalue weighted by Crippen LogP contribution is 2.14. The molecule has 0 aromatic heterocycles. The number of hydrogen-bond donors (Lipinski definition) is 2. The van der Waals surface area contributed by atoms with Crippen LogP contribution in [-0.2, 0) is 4.79 Å². The molecule has 0 radical (unpaired) electrons. The lowest BCUT2D eigenvalue weighted by Gasteiger charge is -2.16. The number of carbonyl (C=O) groups excluding carboxylic acids is 1. The molecule has 1 aliphatic carbocycles. The van der Waals surface area contributed by atoms with Crippen LogP contribution >= 0.6 is 0 Å². The van der Waals surface area contributed by atoms with Gasteiger partial charge in [-0.1, -0.05) is 12.2 Å². The van der Waals surface area contributed by atoms with Crippen LogP contribution < -0.4 is 0 Å². The lowest BCUT2D eigenvalue weighted by atomic mass is 10.1. The highest BCUT2D eigenvalue weighted by molar-refractivity contribution is 6.07. The lowest BCUT2D eigenvalue weighted by molar-refractivity contribution is -0.111. The Morgan fingerprint density at radius 1 is 1.19 bits per heavy atom. The smallest absolute Gasteiger partial charge is 0.238 e. The fraction of sp³-hybridized carbons (Fsp3) is 0.133. The molecule has 0 saturated heterocycles. The molecule has 2 aliphatic rings. The minimum absolute atomic E-state index is 0.0446. The molecule has 6 nitrogen and oxygen atoms in total. The number of carbonyl (C=O) groups is 1. The fourth-order valence-electron chi connectivity index (χ4n) is 1.66. The van der Waals surface area contributed by atoms with Crippen molar-refractivity contribution in [2.24, 2.45) is 10.2 Å². The number of allylic oxidation sites excluding steroid dienone is 8. The van der Waals surface area contributed by atoms with Crippen LogP contribution in [0.1, 0.15) is 0 Å². The molecule has 0 atom stereocenters. The highest BCUT2D eigenvalue weighted by Gasteiger charge is 2.06. The summed E-state index contributed by atoms with van der Waals surface area (Å²) in [7, 11) is 0. The summed E-state index contributed by atoms with van der Waals surface area (Å²) in [6.45, 7) is 0.527. The molecule has 21 heavy (non-hydrogen) atoms. The summed E-state index contributed by atoms with van der Waals surface area (Å²) in [6.07, 6.45) is 14.5. The van der Waals surface area contributed by atoms with E-state index in [0.717, 1.165) is 0 Å². The average Bonchev–Trinajstić information content (AvgIpc) is 2.50. The number of aliphatic hydroxyl groups excluding tert-OH is 2. The van der Waals surface area contributed by atoms with Crippen molar-refractivity contribution < 1.29 is 15.0 Å². The van der Waals surface area contributed by atoms with Gasteiger partial charge in [-0.15, -0.1) is 5.11 Å². The molecule has 1 aliphatic heterocycles. The topological polar surface area (TPSA) is 85.5 Å². The Morgan fingerprint density at radius 3 is 2.57 bits per heavy atom. The predicted octanol–water partition coefficient (Wildman–Crippen LogP) is 2.12. The first-order valence-corrected chi connectivity index (χ1v) is 6.37. The standard InChI is InChI=1S/C15H15N3O3/c19-10-9-18-7-5-12(6-8-18)15(21)17-16-11-13-3-1-2-4-14(13)20/h1-8,11,19,21H,9-10H2/b13-11-,17-16?.